The lowest BCUT2D eigenvalue weighted by molar-refractivity contribution is 0.0706. The summed E-state index contributed by atoms with van der Waals surface area (Å²) in [5, 5.41) is 8.86. The molecule has 2 rings (SSSR count). The van der Waals surface area contributed by atoms with Crippen LogP contribution in [0, 0.1) is 11.3 Å². The lowest BCUT2D eigenvalue weighted by Crippen LogP contribution is -2.49. The first kappa shape index (κ1) is 12.7. The highest BCUT2D eigenvalue weighted by atomic mass is 16.5. The molecule has 0 aromatic carbocycles. The number of ether oxygens (including phenoxy) is 1. The Hall–Kier alpha value is -1.71. The molecule has 2 atom stereocenters. The summed E-state index contributed by atoms with van der Waals surface area (Å²) in [5.74, 6) is 0.582. The van der Waals surface area contributed by atoms with Crippen LogP contribution >= 0.6 is 0 Å². The monoisotopic (exact) mass is 247 g/mol. The van der Waals surface area contributed by atoms with E-state index in [4.69, 9.17) is 15.7 Å². The fourth-order valence-corrected chi connectivity index (χ4v) is 2.26. The van der Waals surface area contributed by atoms with E-state index in [1.807, 2.05) is 6.07 Å². The standard InChI is InChI=1S/C12H17N5O/c1-18-11-3-5-17(10(6-11)8-14)12-15-4-2-9(7-13)16-12/h2,4,10-11H,3,5-6,8,14H2,1H3. The molecule has 1 fully saturated rings. The number of methoxy groups -OCH3 is 1. The van der Waals surface area contributed by atoms with Gasteiger partial charge >= 0.3 is 0 Å². The molecule has 6 heteroatoms. The number of rotatable bonds is 3. The summed E-state index contributed by atoms with van der Waals surface area (Å²) < 4.78 is 5.38. The number of hydrogen-bond donors (Lipinski definition) is 1. The van der Waals surface area contributed by atoms with Gasteiger partial charge in [0.2, 0.25) is 5.95 Å². The lowest BCUT2D eigenvalue weighted by atomic mass is 10.00. The molecule has 1 aromatic heterocycles. The van der Waals surface area contributed by atoms with Gasteiger partial charge in [0.15, 0.2) is 0 Å². The number of nitriles is 1. The fraction of sp³-hybridized carbons (Fsp3) is 0.583. The first-order valence-corrected chi connectivity index (χ1v) is 6.01. The zero-order chi connectivity index (χ0) is 13.0. The highest BCUT2D eigenvalue weighted by molar-refractivity contribution is 5.36. The smallest absolute Gasteiger partial charge is 0.226 e. The molecule has 0 spiro atoms. The van der Waals surface area contributed by atoms with E-state index in [-0.39, 0.29) is 12.1 Å². The van der Waals surface area contributed by atoms with Crippen LogP contribution in [0.25, 0.3) is 0 Å². The van der Waals surface area contributed by atoms with Crippen LogP contribution in [0.1, 0.15) is 18.5 Å². The van der Waals surface area contributed by atoms with Gasteiger partial charge in [0.05, 0.1) is 6.10 Å². The summed E-state index contributed by atoms with van der Waals surface area (Å²) in [5.41, 5.74) is 6.18. The van der Waals surface area contributed by atoms with Crippen molar-refractivity contribution in [3.63, 3.8) is 0 Å². The molecule has 0 amide bonds. The molecule has 1 saturated heterocycles. The van der Waals surface area contributed by atoms with Gasteiger partial charge in [0.1, 0.15) is 11.8 Å². The quantitative estimate of drug-likeness (QED) is 0.826. The molecule has 96 valence electrons. The topological polar surface area (TPSA) is 88.1 Å². The Morgan fingerprint density at radius 3 is 3.17 bits per heavy atom. The van der Waals surface area contributed by atoms with Crippen LogP contribution in [0.3, 0.4) is 0 Å². The summed E-state index contributed by atoms with van der Waals surface area (Å²) in [4.78, 5) is 10.5. The predicted octanol–water partition coefficient (Wildman–Crippen LogP) is 0.291. The predicted molar refractivity (Wildman–Crippen MR) is 67.0 cm³/mol. The van der Waals surface area contributed by atoms with Crippen LogP contribution in [0.15, 0.2) is 12.3 Å². The molecule has 18 heavy (non-hydrogen) atoms. The van der Waals surface area contributed by atoms with Crippen molar-refractivity contribution in [1.82, 2.24) is 9.97 Å². The molecule has 2 unspecified atom stereocenters. The van der Waals surface area contributed by atoms with Crippen LogP contribution < -0.4 is 10.6 Å². The lowest BCUT2D eigenvalue weighted by Gasteiger charge is -2.38. The van der Waals surface area contributed by atoms with Crippen molar-refractivity contribution >= 4 is 5.95 Å². The van der Waals surface area contributed by atoms with Gasteiger partial charge < -0.3 is 15.4 Å². The van der Waals surface area contributed by atoms with Gasteiger partial charge in [-0.15, -0.1) is 0 Å². The first-order valence-electron chi connectivity index (χ1n) is 6.01. The normalized spacial score (nSPS) is 23.7. The summed E-state index contributed by atoms with van der Waals surface area (Å²) in [7, 11) is 1.72. The molecule has 0 radical (unpaired) electrons. The van der Waals surface area contributed by atoms with E-state index in [1.165, 1.54) is 0 Å². The summed E-state index contributed by atoms with van der Waals surface area (Å²) >= 11 is 0. The van der Waals surface area contributed by atoms with E-state index in [9.17, 15) is 0 Å². The number of nitrogens with two attached hydrogens (primary N) is 1. The van der Waals surface area contributed by atoms with Gasteiger partial charge in [0, 0.05) is 32.4 Å². The molecule has 2 heterocycles. The minimum atomic E-state index is 0.164. The van der Waals surface area contributed by atoms with Crippen LogP contribution in [0.5, 0.6) is 0 Å². The van der Waals surface area contributed by atoms with Crippen molar-refractivity contribution in [1.29, 1.82) is 5.26 Å². The number of aromatic nitrogens is 2. The minimum Gasteiger partial charge on any atom is -0.381 e. The zero-order valence-electron chi connectivity index (χ0n) is 10.4. The van der Waals surface area contributed by atoms with Crippen molar-refractivity contribution in [3.8, 4) is 6.07 Å². The first-order chi connectivity index (χ1) is 8.78. The molecular formula is C12H17N5O. The molecule has 0 saturated carbocycles. The third-order valence-corrected chi connectivity index (χ3v) is 3.29. The summed E-state index contributed by atoms with van der Waals surface area (Å²) in [6.45, 7) is 1.33. The van der Waals surface area contributed by atoms with Gasteiger partial charge in [-0.2, -0.15) is 5.26 Å². The fourth-order valence-electron chi connectivity index (χ4n) is 2.26. The van der Waals surface area contributed by atoms with E-state index in [1.54, 1.807) is 19.4 Å². The van der Waals surface area contributed by atoms with Crippen LogP contribution in [-0.4, -0.2) is 42.3 Å². The highest BCUT2D eigenvalue weighted by Crippen LogP contribution is 2.22. The maximum absolute atomic E-state index is 8.86. The van der Waals surface area contributed by atoms with Gasteiger partial charge in [-0.05, 0) is 18.9 Å². The molecule has 0 aliphatic carbocycles. The van der Waals surface area contributed by atoms with Crippen LogP contribution in [0.4, 0.5) is 5.95 Å². The Balaban J connectivity index is 2.18. The van der Waals surface area contributed by atoms with Crippen molar-refractivity contribution in [3.05, 3.63) is 18.0 Å². The Kier molecular flexibility index (Phi) is 4.07. The second kappa shape index (κ2) is 5.76. The van der Waals surface area contributed by atoms with Crippen molar-refractivity contribution in [2.75, 3.05) is 25.1 Å². The van der Waals surface area contributed by atoms with Gasteiger partial charge in [0.25, 0.3) is 0 Å². The van der Waals surface area contributed by atoms with Crippen LogP contribution in [-0.2, 0) is 4.74 Å². The largest absolute Gasteiger partial charge is 0.381 e. The van der Waals surface area contributed by atoms with Crippen molar-refractivity contribution < 1.29 is 4.74 Å². The van der Waals surface area contributed by atoms with E-state index < -0.39 is 0 Å². The Bertz CT molecular complexity index is 444. The van der Waals surface area contributed by atoms with E-state index in [0.717, 1.165) is 19.4 Å². The number of piperidine rings is 1. The highest BCUT2D eigenvalue weighted by Gasteiger charge is 2.29. The van der Waals surface area contributed by atoms with Crippen molar-refractivity contribution in [2.45, 2.75) is 25.0 Å². The second-order valence-corrected chi connectivity index (χ2v) is 4.32. The number of anilines is 1. The third kappa shape index (κ3) is 2.58. The number of nitrogens with zero attached hydrogens (tertiary/aromatic N) is 4. The molecular weight excluding hydrogens is 230 g/mol. The molecule has 2 N–H and O–H groups in total. The van der Waals surface area contributed by atoms with E-state index in [0.29, 0.717) is 18.2 Å². The zero-order valence-corrected chi connectivity index (χ0v) is 10.4. The summed E-state index contributed by atoms with van der Waals surface area (Å²) in [6, 6.07) is 3.79. The molecule has 6 nitrogen and oxygen atoms in total. The third-order valence-electron chi connectivity index (χ3n) is 3.29. The molecule has 1 aromatic rings. The Morgan fingerprint density at radius 2 is 2.50 bits per heavy atom. The SMILES string of the molecule is COC1CCN(c2nccc(C#N)n2)C(CN)C1. The summed E-state index contributed by atoms with van der Waals surface area (Å²) in [6.07, 6.45) is 3.64. The van der Waals surface area contributed by atoms with Gasteiger partial charge in [-0.3, -0.25) is 0 Å². The molecule has 1 aliphatic heterocycles. The average Bonchev–Trinajstić information content (AvgIpc) is 2.46. The Morgan fingerprint density at radius 1 is 1.67 bits per heavy atom. The van der Waals surface area contributed by atoms with Gasteiger partial charge in [-0.25, -0.2) is 9.97 Å². The molecule has 0 bridgehead atoms. The Labute approximate surface area is 106 Å². The minimum absolute atomic E-state index is 0.164. The molecule has 1 aliphatic rings. The second-order valence-electron chi connectivity index (χ2n) is 4.32. The van der Waals surface area contributed by atoms with Crippen LogP contribution in [0.2, 0.25) is 0 Å². The average molecular weight is 247 g/mol. The van der Waals surface area contributed by atoms with Crippen molar-refractivity contribution in [2.24, 2.45) is 5.73 Å². The van der Waals surface area contributed by atoms with E-state index >= 15 is 0 Å². The van der Waals surface area contributed by atoms with E-state index in [2.05, 4.69) is 14.9 Å². The van der Waals surface area contributed by atoms with Gasteiger partial charge in [-0.1, -0.05) is 0 Å². The maximum Gasteiger partial charge on any atom is 0.226 e. The maximum atomic E-state index is 8.86. The number of hydrogen-bond acceptors (Lipinski definition) is 6.